The monoisotopic (exact) mass is 383 g/mol. The molecular formula is C21H25N3O4. The number of hydrogen-bond donors (Lipinski definition) is 0. The smallest absolute Gasteiger partial charge is 0.260 e. The Kier molecular flexibility index (Phi) is 6.84. The van der Waals surface area contributed by atoms with E-state index in [4.69, 9.17) is 9.47 Å². The van der Waals surface area contributed by atoms with Crippen LogP contribution in [-0.2, 0) is 4.79 Å². The highest BCUT2D eigenvalue weighted by molar-refractivity contribution is 5.94. The lowest BCUT2D eigenvalue weighted by Crippen LogP contribution is -2.39. The number of hydrogen-bond acceptors (Lipinski definition) is 5. The Morgan fingerprint density at radius 2 is 1.57 bits per heavy atom. The van der Waals surface area contributed by atoms with Crippen molar-refractivity contribution in [2.75, 3.05) is 39.4 Å². The van der Waals surface area contributed by atoms with Crippen LogP contribution < -0.4 is 9.47 Å². The lowest BCUT2D eigenvalue weighted by Gasteiger charge is -2.22. The van der Waals surface area contributed by atoms with E-state index >= 15 is 0 Å². The van der Waals surface area contributed by atoms with E-state index in [0.29, 0.717) is 49.8 Å². The predicted octanol–water partition coefficient (Wildman–Crippen LogP) is 2.23. The van der Waals surface area contributed by atoms with Crippen molar-refractivity contribution >= 4 is 11.8 Å². The van der Waals surface area contributed by atoms with Crippen LogP contribution in [0.3, 0.4) is 0 Å². The Morgan fingerprint density at radius 3 is 2.29 bits per heavy atom. The van der Waals surface area contributed by atoms with Crippen molar-refractivity contribution in [2.24, 2.45) is 0 Å². The standard InChI is InChI=1S/C21H25N3O4/c1-2-27-18-6-3-4-7-19(18)28-16-20(25)23-12-5-13-24(15-14-23)21(26)17-8-10-22-11-9-17/h3-4,6-11H,2,5,12-16H2,1H3. The van der Waals surface area contributed by atoms with Crippen LogP contribution in [0.2, 0.25) is 0 Å². The SMILES string of the molecule is CCOc1ccccc1OCC(=O)N1CCCN(C(=O)c2ccncc2)CC1. The summed E-state index contributed by atoms with van der Waals surface area (Å²) in [6.45, 7) is 4.60. The van der Waals surface area contributed by atoms with Gasteiger partial charge in [0, 0.05) is 44.1 Å². The third kappa shape index (κ3) is 5.00. The van der Waals surface area contributed by atoms with E-state index < -0.39 is 0 Å². The lowest BCUT2D eigenvalue weighted by atomic mass is 10.2. The van der Waals surface area contributed by atoms with Gasteiger partial charge < -0.3 is 19.3 Å². The van der Waals surface area contributed by atoms with Crippen LogP contribution in [0.4, 0.5) is 0 Å². The molecule has 3 rings (SSSR count). The topological polar surface area (TPSA) is 72.0 Å². The van der Waals surface area contributed by atoms with Gasteiger partial charge in [0.05, 0.1) is 6.61 Å². The molecule has 1 saturated heterocycles. The van der Waals surface area contributed by atoms with Gasteiger partial charge in [-0.25, -0.2) is 0 Å². The van der Waals surface area contributed by atoms with E-state index in [-0.39, 0.29) is 18.4 Å². The summed E-state index contributed by atoms with van der Waals surface area (Å²) in [6, 6.07) is 10.7. The quantitative estimate of drug-likeness (QED) is 0.765. The third-order valence-electron chi connectivity index (χ3n) is 4.56. The Hall–Kier alpha value is -3.09. The molecule has 28 heavy (non-hydrogen) atoms. The minimum Gasteiger partial charge on any atom is -0.490 e. The first-order chi connectivity index (χ1) is 13.7. The first-order valence-electron chi connectivity index (χ1n) is 9.50. The maximum absolute atomic E-state index is 12.6. The zero-order valence-electron chi connectivity index (χ0n) is 16.0. The van der Waals surface area contributed by atoms with E-state index in [1.165, 1.54) is 0 Å². The van der Waals surface area contributed by atoms with Crippen molar-refractivity contribution in [1.29, 1.82) is 0 Å². The summed E-state index contributed by atoms with van der Waals surface area (Å²) in [4.78, 5) is 32.7. The minimum atomic E-state index is -0.0930. The normalized spacial score (nSPS) is 14.3. The Morgan fingerprint density at radius 1 is 0.929 bits per heavy atom. The molecule has 7 heteroatoms. The summed E-state index contributed by atoms with van der Waals surface area (Å²) in [5.74, 6) is 1.06. The van der Waals surface area contributed by atoms with Crippen molar-refractivity contribution in [2.45, 2.75) is 13.3 Å². The number of carbonyl (C=O) groups is 2. The maximum Gasteiger partial charge on any atom is 0.260 e. The fraction of sp³-hybridized carbons (Fsp3) is 0.381. The molecule has 1 aromatic heterocycles. The van der Waals surface area contributed by atoms with E-state index in [1.807, 2.05) is 25.1 Å². The van der Waals surface area contributed by atoms with Gasteiger partial charge >= 0.3 is 0 Å². The van der Waals surface area contributed by atoms with Gasteiger partial charge in [-0.05, 0) is 37.6 Å². The zero-order valence-corrected chi connectivity index (χ0v) is 16.0. The number of aromatic nitrogens is 1. The van der Waals surface area contributed by atoms with Gasteiger partial charge in [-0.1, -0.05) is 12.1 Å². The Labute approximate surface area is 164 Å². The van der Waals surface area contributed by atoms with Crippen molar-refractivity contribution in [1.82, 2.24) is 14.8 Å². The van der Waals surface area contributed by atoms with Crippen molar-refractivity contribution < 1.29 is 19.1 Å². The molecule has 2 aromatic rings. The summed E-state index contributed by atoms with van der Waals surface area (Å²) < 4.78 is 11.2. The van der Waals surface area contributed by atoms with Gasteiger partial charge in [-0.15, -0.1) is 0 Å². The average molecular weight is 383 g/mol. The number of pyridine rings is 1. The van der Waals surface area contributed by atoms with Gasteiger partial charge in [0.2, 0.25) is 0 Å². The highest BCUT2D eigenvalue weighted by atomic mass is 16.5. The number of ether oxygens (including phenoxy) is 2. The van der Waals surface area contributed by atoms with E-state index in [2.05, 4.69) is 4.98 Å². The van der Waals surface area contributed by atoms with Gasteiger partial charge in [-0.3, -0.25) is 14.6 Å². The largest absolute Gasteiger partial charge is 0.490 e. The fourth-order valence-corrected chi connectivity index (χ4v) is 3.12. The molecule has 148 valence electrons. The van der Waals surface area contributed by atoms with E-state index in [1.54, 1.807) is 40.4 Å². The van der Waals surface area contributed by atoms with Crippen molar-refractivity contribution in [3.05, 3.63) is 54.4 Å². The molecule has 1 aliphatic heterocycles. The Balaban J connectivity index is 1.54. The molecule has 0 aliphatic carbocycles. The Bertz CT molecular complexity index is 797. The summed E-state index contributed by atoms with van der Waals surface area (Å²) >= 11 is 0. The molecule has 0 atom stereocenters. The highest BCUT2D eigenvalue weighted by Crippen LogP contribution is 2.26. The van der Waals surface area contributed by atoms with Crippen LogP contribution in [0.15, 0.2) is 48.8 Å². The number of carbonyl (C=O) groups excluding carboxylic acids is 2. The zero-order chi connectivity index (χ0) is 19.8. The molecule has 2 heterocycles. The number of amides is 2. The predicted molar refractivity (Wildman–Crippen MR) is 104 cm³/mol. The molecule has 1 fully saturated rings. The van der Waals surface area contributed by atoms with Crippen LogP contribution in [-0.4, -0.2) is 66.0 Å². The van der Waals surface area contributed by atoms with Crippen LogP contribution in [0.25, 0.3) is 0 Å². The molecule has 2 amide bonds. The minimum absolute atomic E-state index is 0.0291. The molecule has 7 nitrogen and oxygen atoms in total. The van der Waals surface area contributed by atoms with Gasteiger partial charge in [-0.2, -0.15) is 0 Å². The van der Waals surface area contributed by atoms with Crippen LogP contribution >= 0.6 is 0 Å². The average Bonchev–Trinajstić information content (AvgIpc) is 2.99. The summed E-state index contributed by atoms with van der Waals surface area (Å²) in [5.41, 5.74) is 0.616. The molecule has 0 spiro atoms. The summed E-state index contributed by atoms with van der Waals surface area (Å²) in [6.07, 6.45) is 3.95. The van der Waals surface area contributed by atoms with Crippen LogP contribution in [0.5, 0.6) is 11.5 Å². The molecular weight excluding hydrogens is 358 g/mol. The third-order valence-corrected chi connectivity index (χ3v) is 4.56. The second kappa shape index (κ2) is 9.73. The lowest BCUT2D eigenvalue weighted by molar-refractivity contribution is -0.133. The van der Waals surface area contributed by atoms with E-state index in [9.17, 15) is 9.59 Å². The molecule has 0 saturated carbocycles. The molecule has 0 radical (unpaired) electrons. The second-order valence-corrected chi connectivity index (χ2v) is 6.43. The van der Waals surface area contributed by atoms with Gasteiger partial charge in [0.15, 0.2) is 18.1 Å². The highest BCUT2D eigenvalue weighted by Gasteiger charge is 2.23. The summed E-state index contributed by atoms with van der Waals surface area (Å²) in [7, 11) is 0. The molecule has 0 unspecified atom stereocenters. The number of benzene rings is 1. The molecule has 1 aromatic carbocycles. The summed E-state index contributed by atoms with van der Waals surface area (Å²) in [5, 5.41) is 0. The van der Waals surface area contributed by atoms with Crippen LogP contribution in [0.1, 0.15) is 23.7 Å². The molecule has 1 aliphatic rings. The first kappa shape index (κ1) is 19.7. The van der Waals surface area contributed by atoms with Crippen molar-refractivity contribution in [3.63, 3.8) is 0 Å². The second-order valence-electron chi connectivity index (χ2n) is 6.43. The number of nitrogens with zero attached hydrogens (tertiary/aromatic N) is 3. The van der Waals surface area contributed by atoms with Crippen molar-refractivity contribution in [3.8, 4) is 11.5 Å². The van der Waals surface area contributed by atoms with Crippen LogP contribution in [0, 0.1) is 0 Å². The number of rotatable bonds is 6. The first-order valence-corrected chi connectivity index (χ1v) is 9.50. The van der Waals surface area contributed by atoms with Gasteiger partial charge in [0.1, 0.15) is 0 Å². The maximum atomic E-state index is 12.6. The number of para-hydroxylation sites is 2. The molecule has 0 N–H and O–H groups in total. The van der Waals surface area contributed by atoms with E-state index in [0.717, 1.165) is 6.42 Å². The van der Waals surface area contributed by atoms with Gasteiger partial charge in [0.25, 0.3) is 11.8 Å². The molecule has 0 bridgehead atoms. The fourth-order valence-electron chi connectivity index (χ4n) is 3.12.